The zero-order chi connectivity index (χ0) is 26.0. The zero-order valence-electron chi connectivity index (χ0n) is 19.3. The van der Waals surface area contributed by atoms with Crippen LogP contribution in [0.1, 0.15) is 33.3 Å². The van der Waals surface area contributed by atoms with E-state index in [0.717, 1.165) is 0 Å². The molecule has 9 nitrogen and oxygen atoms in total. The summed E-state index contributed by atoms with van der Waals surface area (Å²) in [5, 5.41) is 18.4. The molecular formula is C24H21F3N6O3. The van der Waals surface area contributed by atoms with Crippen LogP contribution in [0.4, 0.5) is 30.2 Å². The largest absolute Gasteiger partial charge is 0.495 e. The molecule has 0 unspecified atom stereocenters. The smallest absolute Gasteiger partial charge is 0.405 e. The number of nitrogens with one attached hydrogen (secondary N) is 2. The van der Waals surface area contributed by atoms with Crippen LogP contribution < -0.4 is 20.3 Å². The summed E-state index contributed by atoms with van der Waals surface area (Å²) in [5.41, 5.74) is 1.44. The summed E-state index contributed by atoms with van der Waals surface area (Å²) in [6.45, 7) is 0.940. The summed E-state index contributed by atoms with van der Waals surface area (Å²) in [6, 6.07) is 12.2. The van der Waals surface area contributed by atoms with Crippen molar-refractivity contribution < 1.29 is 27.5 Å². The molecule has 3 aromatic rings. The molecule has 2 amide bonds. The average Bonchev–Trinajstić information content (AvgIpc) is 3.27. The lowest BCUT2D eigenvalue weighted by molar-refractivity contribution is -0.115. The van der Waals surface area contributed by atoms with E-state index >= 15 is 0 Å². The molecule has 0 spiro atoms. The molecule has 0 saturated heterocycles. The second-order valence-corrected chi connectivity index (χ2v) is 8.11. The van der Waals surface area contributed by atoms with Crippen LogP contribution in [-0.4, -0.2) is 47.5 Å². The highest BCUT2D eigenvalue weighted by Crippen LogP contribution is 2.29. The van der Waals surface area contributed by atoms with Gasteiger partial charge in [0.25, 0.3) is 11.8 Å². The van der Waals surface area contributed by atoms with Gasteiger partial charge in [-0.3, -0.25) is 14.3 Å². The Morgan fingerprint density at radius 1 is 1.22 bits per heavy atom. The maximum absolute atomic E-state index is 13.5. The van der Waals surface area contributed by atoms with E-state index in [0.29, 0.717) is 23.7 Å². The number of amides is 2. The highest BCUT2D eigenvalue weighted by molar-refractivity contribution is 6.15. The lowest BCUT2D eigenvalue weighted by Gasteiger charge is -2.34. The summed E-state index contributed by atoms with van der Waals surface area (Å²) >= 11 is 0. The number of ether oxygens (including phenoxy) is 1. The van der Waals surface area contributed by atoms with E-state index < -0.39 is 24.5 Å². The summed E-state index contributed by atoms with van der Waals surface area (Å²) in [5.74, 6) is -0.697. The monoisotopic (exact) mass is 498 g/mol. The molecule has 1 aromatic heterocycles. The van der Waals surface area contributed by atoms with E-state index in [9.17, 15) is 28.0 Å². The Bertz CT molecular complexity index is 1340. The lowest BCUT2D eigenvalue weighted by Crippen LogP contribution is -2.47. The number of benzene rings is 2. The van der Waals surface area contributed by atoms with Crippen molar-refractivity contribution in [2.75, 3.05) is 29.2 Å². The third kappa shape index (κ3) is 4.95. The summed E-state index contributed by atoms with van der Waals surface area (Å²) in [6.07, 6.45) is -3.05. The molecule has 2 heterocycles. The van der Waals surface area contributed by atoms with Crippen LogP contribution >= 0.6 is 0 Å². The maximum Gasteiger partial charge on any atom is 0.405 e. The maximum atomic E-state index is 13.5. The van der Waals surface area contributed by atoms with Crippen LogP contribution in [0.25, 0.3) is 0 Å². The minimum Gasteiger partial charge on any atom is -0.495 e. The Labute approximate surface area is 204 Å². The number of alkyl halides is 3. The first-order valence-electron chi connectivity index (χ1n) is 10.8. The lowest BCUT2D eigenvalue weighted by atomic mass is 10.1. The van der Waals surface area contributed by atoms with Crippen molar-refractivity contribution in [1.82, 2.24) is 9.78 Å². The molecule has 0 fully saturated rings. The van der Waals surface area contributed by atoms with Crippen LogP contribution in [0.3, 0.4) is 0 Å². The number of hydrogen-bond donors (Lipinski definition) is 2. The number of aromatic nitrogens is 2. The molecular weight excluding hydrogens is 477 g/mol. The molecule has 0 bridgehead atoms. The van der Waals surface area contributed by atoms with E-state index in [4.69, 9.17) is 4.74 Å². The van der Waals surface area contributed by atoms with E-state index in [1.54, 1.807) is 31.2 Å². The van der Waals surface area contributed by atoms with Crippen LogP contribution in [0.15, 0.2) is 48.7 Å². The molecule has 0 saturated carbocycles. The number of fused-ring (bicyclic) bond motifs is 1. The van der Waals surface area contributed by atoms with Crippen LogP contribution in [-0.2, 0) is 6.54 Å². The second-order valence-electron chi connectivity index (χ2n) is 8.11. The minimum atomic E-state index is -4.35. The minimum absolute atomic E-state index is 0.0506. The number of nitrogens with zero attached hydrogens (tertiary/aromatic N) is 4. The summed E-state index contributed by atoms with van der Waals surface area (Å²) in [4.78, 5) is 27.9. The quantitative estimate of drug-likeness (QED) is 0.531. The first kappa shape index (κ1) is 24.6. The Morgan fingerprint density at radius 3 is 2.56 bits per heavy atom. The van der Waals surface area contributed by atoms with Gasteiger partial charge in [-0.15, -0.1) is 0 Å². The van der Waals surface area contributed by atoms with Gasteiger partial charge in [0.2, 0.25) is 0 Å². The number of carbonyl (C=O) groups excluding carboxylic acids is 2. The number of carbonyl (C=O) groups is 2. The van der Waals surface area contributed by atoms with Gasteiger partial charge >= 0.3 is 6.18 Å². The number of halogens is 3. The molecule has 36 heavy (non-hydrogen) atoms. The molecule has 1 atom stereocenters. The third-order valence-corrected chi connectivity index (χ3v) is 5.60. The van der Waals surface area contributed by atoms with Gasteiger partial charge in [0, 0.05) is 17.1 Å². The highest BCUT2D eigenvalue weighted by Gasteiger charge is 2.36. The number of rotatable bonds is 6. The fourth-order valence-electron chi connectivity index (χ4n) is 3.95. The Balaban J connectivity index is 1.56. The number of methoxy groups -OCH3 is 1. The Morgan fingerprint density at radius 2 is 1.92 bits per heavy atom. The number of anilines is 3. The van der Waals surface area contributed by atoms with Gasteiger partial charge in [-0.1, -0.05) is 0 Å². The predicted octanol–water partition coefficient (Wildman–Crippen LogP) is 4.04. The fraction of sp³-hybridized carbons (Fsp3) is 0.250. The van der Waals surface area contributed by atoms with Gasteiger partial charge in [-0.05, 0) is 49.4 Å². The van der Waals surface area contributed by atoms with Gasteiger partial charge < -0.3 is 20.3 Å². The van der Waals surface area contributed by atoms with E-state index in [-0.39, 0.29) is 28.6 Å². The van der Waals surface area contributed by atoms with Crippen LogP contribution in [0, 0.1) is 11.3 Å². The van der Waals surface area contributed by atoms with Crippen molar-refractivity contribution >= 4 is 28.9 Å². The molecule has 0 radical (unpaired) electrons. The van der Waals surface area contributed by atoms with Crippen molar-refractivity contribution in [3.8, 4) is 11.8 Å². The van der Waals surface area contributed by atoms with Crippen LogP contribution in [0.2, 0.25) is 0 Å². The molecule has 2 N–H and O–H groups in total. The first-order valence-corrected chi connectivity index (χ1v) is 10.8. The summed E-state index contributed by atoms with van der Waals surface area (Å²) in [7, 11) is 1.43. The molecule has 1 aliphatic rings. The SMILES string of the molecule is COc1ccc(NC(=O)c2cnn3c2C(=O)N(c2ccc(NCC(F)(F)F)cc2)[C@@H](C)C3)cc1C#N. The molecule has 2 aromatic carbocycles. The van der Waals surface area contributed by atoms with Crippen molar-refractivity contribution in [3.05, 3.63) is 65.5 Å². The average molecular weight is 498 g/mol. The fourth-order valence-corrected chi connectivity index (χ4v) is 3.95. The Hall–Kier alpha value is -4.53. The van der Waals surface area contributed by atoms with Gasteiger partial charge in [0.05, 0.1) is 37.0 Å². The molecule has 0 aliphatic carbocycles. The topological polar surface area (TPSA) is 112 Å². The van der Waals surface area contributed by atoms with E-state index in [1.165, 1.54) is 41.1 Å². The number of hydrogen-bond acceptors (Lipinski definition) is 6. The predicted molar refractivity (Wildman–Crippen MR) is 125 cm³/mol. The van der Waals surface area contributed by atoms with Crippen LogP contribution in [0.5, 0.6) is 5.75 Å². The third-order valence-electron chi connectivity index (χ3n) is 5.60. The normalized spacial score (nSPS) is 15.2. The molecule has 4 rings (SSSR count). The van der Waals surface area contributed by atoms with Gasteiger partial charge in [-0.2, -0.15) is 23.5 Å². The van der Waals surface area contributed by atoms with Gasteiger partial charge in [0.15, 0.2) is 0 Å². The highest BCUT2D eigenvalue weighted by atomic mass is 19.4. The van der Waals surface area contributed by atoms with Gasteiger partial charge in [0.1, 0.15) is 24.1 Å². The molecule has 186 valence electrons. The molecule has 1 aliphatic heterocycles. The second kappa shape index (κ2) is 9.61. The van der Waals surface area contributed by atoms with E-state index in [1.807, 2.05) is 6.07 Å². The van der Waals surface area contributed by atoms with Crippen molar-refractivity contribution in [2.45, 2.75) is 25.7 Å². The zero-order valence-corrected chi connectivity index (χ0v) is 19.3. The first-order chi connectivity index (χ1) is 17.1. The van der Waals surface area contributed by atoms with E-state index in [2.05, 4.69) is 15.7 Å². The Kier molecular flexibility index (Phi) is 6.57. The standard InChI is InChI=1S/C24H21F3N6O3/c1-14-12-32-21(23(35)33(14)18-6-3-16(4-7-18)29-13-24(25,26)27)19(11-30-32)22(34)31-17-5-8-20(36-2)15(9-17)10-28/h3-9,11,14,29H,12-13H2,1-2H3,(H,31,34)/t14-/m0/s1. The van der Waals surface area contributed by atoms with Crippen molar-refractivity contribution in [2.24, 2.45) is 0 Å². The number of nitriles is 1. The molecule has 12 heteroatoms. The van der Waals surface area contributed by atoms with Crippen molar-refractivity contribution in [3.63, 3.8) is 0 Å². The van der Waals surface area contributed by atoms with Crippen molar-refractivity contribution in [1.29, 1.82) is 5.26 Å². The van der Waals surface area contributed by atoms with Gasteiger partial charge in [-0.25, -0.2) is 0 Å². The summed E-state index contributed by atoms with van der Waals surface area (Å²) < 4.78 is 43.9.